The van der Waals surface area contributed by atoms with Gasteiger partial charge in [0, 0.05) is 25.2 Å². The van der Waals surface area contributed by atoms with E-state index in [1.807, 2.05) is 0 Å². The Bertz CT molecular complexity index is 885. The average molecular weight is 510 g/mol. The maximum atomic E-state index is 13.0. The molecule has 17 N–H and O–H groups in total. The molecule has 0 aliphatic carbocycles. The van der Waals surface area contributed by atoms with Crippen LogP contribution in [0.15, 0.2) is 18.5 Å². The summed E-state index contributed by atoms with van der Waals surface area (Å²) in [6, 6.07) is -0.711. The second-order valence-corrected chi connectivity index (χ2v) is 8.33. The van der Waals surface area contributed by atoms with Crippen molar-refractivity contribution in [3.63, 3.8) is 0 Å². The molecular formula is C21H41N12O3+3. The summed E-state index contributed by atoms with van der Waals surface area (Å²) >= 11 is 0. The van der Waals surface area contributed by atoms with Crippen molar-refractivity contribution in [1.29, 1.82) is 0 Å². The summed E-state index contributed by atoms with van der Waals surface area (Å²) in [5.41, 5.74) is 30.8. The molecule has 0 unspecified atom stereocenters. The number of hydrogen-bond acceptors (Lipinski definition) is 5. The first kappa shape index (κ1) is 30.0. The van der Waals surface area contributed by atoms with Gasteiger partial charge in [-0.15, -0.1) is 0 Å². The van der Waals surface area contributed by atoms with Gasteiger partial charge >= 0.3 is 11.9 Å². The van der Waals surface area contributed by atoms with Crippen molar-refractivity contribution in [2.45, 2.75) is 63.1 Å². The highest BCUT2D eigenvalue weighted by molar-refractivity contribution is 5.92. The lowest BCUT2D eigenvalue weighted by Gasteiger charge is -2.22. The van der Waals surface area contributed by atoms with Gasteiger partial charge in [-0.1, -0.05) is 0 Å². The zero-order valence-electron chi connectivity index (χ0n) is 20.5. The molecule has 0 saturated heterocycles. The zero-order valence-corrected chi connectivity index (χ0v) is 20.5. The Morgan fingerprint density at radius 1 is 0.806 bits per heavy atom. The van der Waals surface area contributed by atoms with Crippen LogP contribution in [0, 0.1) is 0 Å². The lowest BCUT2D eigenvalue weighted by Crippen LogP contribution is -2.78. The van der Waals surface area contributed by atoms with E-state index in [4.69, 9.17) is 28.7 Å². The van der Waals surface area contributed by atoms with E-state index >= 15 is 0 Å². The van der Waals surface area contributed by atoms with Crippen LogP contribution in [0.5, 0.6) is 0 Å². The van der Waals surface area contributed by atoms with E-state index in [1.54, 1.807) is 18.5 Å². The molecule has 3 atom stereocenters. The highest BCUT2D eigenvalue weighted by Gasteiger charge is 2.28. The number of aryl methyl sites for hydroxylation is 1. The minimum atomic E-state index is -0.922. The largest absolute Gasteiger partial charge is 0.368 e. The summed E-state index contributed by atoms with van der Waals surface area (Å²) in [6.07, 6.45) is 6.41. The van der Waals surface area contributed by atoms with Crippen LogP contribution in [-0.2, 0) is 20.8 Å². The number of quaternary nitrogens is 1. The molecule has 1 rings (SSSR count). The predicted molar refractivity (Wildman–Crippen MR) is 132 cm³/mol. The Hall–Kier alpha value is -4.01. The molecule has 0 radical (unpaired) electrons. The summed E-state index contributed by atoms with van der Waals surface area (Å²) in [4.78, 5) is 51.5. The molecule has 1 aromatic rings. The number of carbonyl (C=O) groups excluding carboxylic acids is 3. The Morgan fingerprint density at radius 3 is 1.89 bits per heavy atom. The topological polar surface area (TPSA) is 287 Å². The number of hydrogen-bond donors (Lipinski definition) is 10. The van der Waals surface area contributed by atoms with Crippen molar-refractivity contribution >= 4 is 29.6 Å². The Labute approximate surface area is 209 Å². The summed E-state index contributed by atoms with van der Waals surface area (Å²) < 4.78 is 0. The smallest absolute Gasteiger partial charge is 0.338 e. The maximum Gasteiger partial charge on any atom is 0.338 e. The van der Waals surface area contributed by atoms with Crippen LogP contribution in [0.1, 0.15) is 44.3 Å². The van der Waals surface area contributed by atoms with E-state index in [2.05, 4.69) is 36.3 Å². The van der Waals surface area contributed by atoms with Crippen LogP contribution in [0.25, 0.3) is 0 Å². The highest BCUT2D eigenvalue weighted by atomic mass is 16.2. The molecule has 36 heavy (non-hydrogen) atoms. The van der Waals surface area contributed by atoms with Crippen LogP contribution < -0.4 is 55.0 Å². The number of guanidine groups is 2. The number of nitrogens with one attached hydrogen (secondary N) is 4. The van der Waals surface area contributed by atoms with Gasteiger partial charge < -0.3 is 22.1 Å². The molecule has 0 bridgehead atoms. The normalized spacial score (nSPS) is 13.0. The molecular weight excluding hydrogens is 468 g/mol. The second kappa shape index (κ2) is 16.6. The number of rotatable bonds is 17. The van der Waals surface area contributed by atoms with Crippen LogP contribution in [-0.4, -0.2) is 70.8 Å². The van der Waals surface area contributed by atoms with E-state index in [-0.39, 0.29) is 24.2 Å². The van der Waals surface area contributed by atoms with Gasteiger partial charge in [-0.2, -0.15) is 0 Å². The van der Waals surface area contributed by atoms with E-state index in [1.165, 1.54) is 0 Å². The average Bonchev–Trinajstić information content (AvgIpc) is 2.82. The number of nitrogens with two attached hydrogens (primary N) is 5. The van der Waals surface area contributed by atoms with Crippen molar-refractivity contribution in [1.82, 2.24) is 20.6 Å². The van der Waals surface area contributed by atoms with Crippen molar-refractivity contribution in [3.8, 4) is 0 Å². The van der Waals surface area contributed by atoms with Crippen LogP contribution in [0.4, 0.5) is 0 Å². The number of carbonyl (C=O) groups is 3. The van der Waals surface area contributed by atoms with Gasteiger partial charge in [0.05, 0.1) is 13.1 Å². The van der Waals surface area contributed by atoms with Gasteiger partial charge in [-0.25, -0.2) is 9.97 Å². The predicted octanol–water partition coefficient (Wildman–Crippen LogP) is -7.87. The molecule has 15 heteroatoms. The Morgan fingerprint density at radius 2 is 1.33 bits per heavy atom. The monoisotopic (exact) mass is 509 g/mol. The molecule has 0 aliphatic rings. The number of nitrogens with zero attached hydrogens (tertiary/aromatic N) is 2. The minimum Gasteiger partial charge on any atom is -0.368 e. The fourth-order valence-corrected chi connectivity index (χ4v) is 3.29. The summed E-state index contributed by atoms with van der Waals surface area (Å²) in [5.74, 6) is -0.802. The van der Waals surface area contributed by atoms with Gasteiger partial charge in [0.15, 0.2) is 6.04 Å². The molecule has 0 aliphatic heterocycles. The molecule has 1 heterocycles. The second-order valence-electron chi connectivity index (χ2n) is 8.33. The van der Waals surface area contributed by atoms with Gasteiger partial charge in [-0.3, -0.25) is 47.3 Å². The highest BCUT2D eigenvalue weighted by Crippen LogP contribution is 2.06. The first-order valence-corrected chi connectivity index (χ1v) is 11.8. The molecule has 0 saturated carbocycles. The fourth-order valence-electron chi connectivity index (χ4n) is 3.29. The molecule has 0 aromatic carbocycles. The lowest BCUT2D eigenvalue weighted by atomic mass is 10.0. The zero-order chi connectivity index (χ0) is 26.9. The summed E-state index contributed by atoms with van der Waals surface area (Å²) in [7, 11) is 0. The van der Waals surface area contributed by atoms with Crippen molar-refractivity contribution < 1.29 is 30.1 Å². The van der Waals surface area contributed by atoms with E-state index in [9.17, 15) is 14.4 Å². The minimum absolute atomic E-state index is 0.0583. The first-order chi connectivity index (χ1) is 17.1. The third kappa shape index (κ3) is 13.0. The van der Waals surface area contributed by atoms with Crippen molar-refractivity contribution in [3.05, 3.63) is 24.3 Å². The van der Waals surface area contributed by atoms with Crippen LogP contribution >= 0.6 is 0 Å². The molecule has 1 aromatic heterocycles. The van der Waals surface area contributed by atoms with Crippen molar-refractivity contribution in [2.75, 3.05) is 13.1 Å². The third-order valence-electron chi connectivity index (χ3n) is 5.23. The molecule has 0 fully saturated rings. The first-order valence-electron chi connectivity index (χ1n) is 11.8. The SMILES string of the molecule is NC(=O)[C@@H](CCC[NH+]=C(N)N)NC(=O)[C@@H](CCCc1ncccn1)NC(=O)[C@H]([NH3+])CCC[NH+]=C(N)N. The molecule has 3 amide bonds. The van der Waals surface area contributed by atoms with E-state index in [0.717, 1.165) is 0 Å². The molecule has 15 nitrogen and oxygen atoms in total. The molecule has 0 spiro atoms. The summed E-state index contributed by atoms with van der Waals surface area (Å²) in [6.45, 7) is 0.899. The van der Waals surface area contributed by atoms with Crippen LogP contribution in [0.3, 0.4) is 0 Å². The van der Waals surface area contributed by atoms with E-state index in [0.29, 0.717) is 57.4 Å². The Kier molecular flexibility index (Phi) is 13.8. The van der Waals surface area contributed by atoms with Gasteiger partial charge in [0.2, 0.25) is 11.8 Å². The van der Waals surface area contributed by atoms with Crippen molar-refractivity contribution in [2.24, 2.45) is 28.7 Å². The summed E-state index contributed by atoms with van der Waals surface area (Å²) in [5, 5.41) is 5.39. The Balaban J connectivity index is 2.79. The van der Waals surface area contributed by atoms with Gasteiger partial charge in [-0.05, 0) is 38.2 Å². The van der Waals surface area contributed by atoms with Gasteiger partial charge in [0.1, 0.15) is 17.9 Å². The lowest BCUT2D eigenvalue weighted by molar-refractivity contribution is -0.463. The molecule has 200 valence electrons. The number of amides is 3. The quantitative estimate of drug-likeness (QED) is 0.0541. The fraction of sp³-hybridized carbons (Fsp3) is 0.571. The van der Waals surface area contributed by atoms with E-state index < -0.39 is 29.9 Å². The number of aromatic nitrogens is 2. The third-order valence-corrected chi connectivity index (χ3v) is 5.23. The maximum absolute atomic E-state index is 13.0. The standard InChI is InChI=1S/C21H38N12O3/c22-13(5-2-9-30-20(24)25)18(35)33-15(6-1-8-16-28-11-4-12-29-16)19(36)32-14(17(23)34)7-3-10-31-21(26)27/h4,11-15H,1-3,5-10,22H2,(H2,23,34)(H,32,36)(H,33,35)(H4,24,25,30)(H4,26,27,31)/p+3/t13-,14-,15-/m1/s1. The van der Waals surface area contributed by atoms with Crippen LogP contribution in [0.2, 0.25) is 0 Å². The number of primary amides is 1. The van der Waals surface area contributed by atoms with Gasteiger partial charge in [0.25, 0.3) is 5.91 Å².